The van der Waals surface area contributed by atoms with Crippen molar-refractivity contribution in [3.63, 3.8) is 0 Å². The third-order valence-electron chi connectivity index (χ3n) is 3.61. The fraction of sp³-hybridized carbons (Fsp3) is 0.588. The van der Waals surface area contributed by atoms with E-state index >= 15 is 0 Å². The van der Waals surface area contributed by atoms with E-state index in [1.54, 1.807) is 0 Å². The van der Waals surface area contributed by atoms with Crippen LogP contribution in [0, 0.1) is 0 Å². The summed E-state index contributed by atoms with van der Waals surface area (Å²) in [6.07, 6.45) is 0. The van der Waals surface area contributed by atoms with Gasteiger partial charge in [-0.3, -0.25) is 4.90 Å². The smallest absolute Gasteiger partial charge is 0.191 e. The number of nitrogens with zero attached hydrogens (tertiary/aromatic N) is 2. The maximum absolute atomic E-state index is 5.40. The topological polar surface area (TPSA) is 48.9 Å². The lowest BCUT2D eigenvalue weighted by Crippen LogP contribution is -2.37. The number of morpholine rings is 1. The molecule has 1 aliphatic rings. The first-order valence-electron chi connectivity index (χ1n) is 8.22. The summed E-state index contributed by atoms with van der Waals surface area (Å²) in [6, 6.07) is 8.72. The van der Waals surface area contributed by atoms with Crippen molar-refractivity contribution < 1.29 is 4.74 Å². The van der Waals surface area contributed by atoms with Crippen LogP contribution < -0.4 is 10.6 Å². The normalized spacial score (nSPS) is 14.7. The van der Waals surface area contributed by atoms with Crippen LogP contribution in [-0.4, -0.2) is 50.3 Å². The number of halogens is 1. The molecule has 0 amide bonds. The minimum atomic E-state index is 0. The van der Waals surface area contributed by atoms with Gasteiger partial charge in [0.15, 0.2) is 5.96 Å². The molecule has 23 heavy (non-hydrogen) atoms. The second-order valence-electron chi connectivity index (χ2n) is 5.43. The number of rotatable bonds is 6. The minimum Gasteiger partial charge on any atom is -0.379 e. The Labute approximate surface area is 156 Å². The van der Waals surface area contributed by atoms with Crippen LogP contribution in [0.3, 0.4) is 0 Å². The quantitative estimate of drug-likeness (QED) is 0.411. The Bertz CT molecular complexity index is 467. The lowest BCUT2D eigenvalue weighted by Gasteiger charge is -2.26. The molecular formula is C17H29IN4O. The number of aliphatic imine (C=N–C) groups is 1. The molecule has 0 aromatic heterocycles. The van der Waals surface area contributed by atoms with Crippen LogP contribution in [0.5, 0.6) is 0 Å². The van der Waals surface area contributed by atoms with Crippen LogP contribution >= 0.6 is 24.0 Å². The van der Waals surface area contributed by atoms with E-state index in [1.807, 2.05) is 0 Å². The molecule has 1 heterocycles. The van der Waals surface area contributed by atoms with Gasteiger partial charge < -0.3 is 15.4 Å². The van der Waals surface area contributed by atoms with Crippen molar-refractivity contribution in [2.24, 2.45) is 4.99 Å². The molecule has 1 fully saturated rings. The maximum atomic E-state index is 5.40. The summed E-state index contributed by atoms with van der Waals surface area (Å²) in [7, 11) is 0. The molecule has 5 nitrogen and oxygen atoms in total. The molecular weight excluding hydrogens is 403 g/mol. The molecule has 1 aliphatic heterocycles. The van der Waals surface area contributed by atoms with Gasteiger partial charge in [0.2, 0.25) is 0 Å². The second kappa shape index (κ2) is 11.6. The van der Waals surface area contributed by atoms with E-state index < -0.39 is 0 Å². The van der Waals surface area contributed by atoms with Gasteiger partial charge in [-0.15, -0.1) is 24.0 Å². The molecule has 0 saturated carbocycles. The number of benzene rings is 1. The largest absolute Gasteiger partial charge is 0.379 e. The van der Waals surface area contributed by atoms with Gasteiger partial charge in [-0.1, -0.05) is 24.3 Å². The number of nitrogens with one attached hydrogen (secondary N) is 2. The first-order chi connectivity index (χ1) is 10.8. The van der Waals surface area contributed by atoms with Crippen molar-refractivity contribution >= 4 is 29.9 Å². The highest BCUT2D eigenvalue weighted by molar-refractivity contribution is 14.0. The van der Waals surface area contributed by atoms with Gasteiger partial charge in [-0.25, -0.2) is 4.99 Å². The summed E-state index contributed by atoms with van der Waals surface area (Å²) in [6.45, 7) is 11.3. The highest BCUT2D eigenvalue weighted by Crippen LogP contribution is 2.10. The van der Waals surface area contributed by atoms with Crippen molar-refractivity contribution in [1.82, 2.24) is 15.5 Å². The van der Waals surface area contributed by atoms with Crippen LogP contribution in [0.4, 0.5) is 0 Å². The van der Waals surface area contributed by atoms with E-state index in [4.69, 9.17) is 4.74 Å². The van der Waals surface area contributed by atoms with Gasteiger partial charge in [0.05, 0.1) is 19.8 Å². The molecule has 0 atom stereocenters. The molecule has 1 aromatic carbocycles. The summed E-state index contributed by atoms with van der Waals surface area (Å²) in [5, 5.41) is 6.50. The first kappa shape index (κ1) is 20.2. The van der Waals surface area contributed by atoms with Crippen molar-refractivity contribution in [3.05, 3.63) is 35.4 Å². The monoisotopic (exact) mass is 432 g/mol. The molecule has 6 heteroatoms. The van der Waals surface area contributed by atoms with Gasteiger partial charge in [0.25, 0.3) is 0 Å². The van der Waals surface area contributed by atoms with E-state index in [2.05, 4.69) is 58.6 Å². The van der Waals surface area contributed by atoms with Crippen LogP contribution in [0.25, 0.3) is 0 Å². The van der Waals surface area contributed by atoms with Gasteiger partial charge >= 0.3 is 0 Å². The number of hydrogen-bond donors (Lipinski definition) is 2. The summed E-state index contributed by atoms with van der Waals surface area (Å²) in [5.41, 5.74) is 2.60. The average molecular weight is 432 g/mol. The molecule has 2 rings (SSSR count). The lowest BCUT2D eigenvalue weighted by molar-refractivity contribution is 0.0342. The van der Waals surface area contributed by atoms with E-state index in [1.165, 1.54) is 11.1 Å². The fourth-order valence-corrected chi connectivity index (χ4v) is 2.52. The molecule has 0 bridgehead atoms. The van der Waals surface area contributed by atoms with E-state index in [9.17, 15) is 0 Å². The van der Waals surface area contributed by atoms with Crippen molar-refractivity contribution in [2.45, 2.75) is 26.9 Å². The van der Waals surface area contributed by atoms with Crippen molar-refractivity contribution in [2.75, 3.05) is 39.4 Å². The van der Waals surface area contributed by atoms with Crippen LogP contribution in [0.15, 0.2) is 29.3 Å². The third-order valence-corrected chi connectivity index (χ3v) is 3.61. The number of guanidine groups is 1. The Kier molecular flexibility index (Phi) is 10.2. The fourth-order valence-electron chi connectivity index (χ4n) is 2.52. The number of hydrogen-bond acceptors (Lipinski definition) is 3. The van der Waals surface area contributed by atoms with Gasteiger partial charge in [-0.05, 0) is 25.0 Å². The number of ether oxygens (including phenoxy) is 1. The molecule has 130 valence electrons. The van der Waals surface area contributed by atoms with Gasteiger partial charge in [0.1, 0.15) is 0 Å². The summed E-state index contributed by atoms with van der Waals surface area (Å²) < 4.78 is 5.40. The highest BCUT2D eigenvalue weighted by Gasteiger charge is 2.10. The highest BCUT2D eigenvalue weighted by atomic mass is 127. The first-order valence-corrected chi connectivity index (χ1v) is 8.22. The zero-order valence-electron chi connectivity index (χ0n) is 14.2. The van der Waals surface area contributed by atoms with Gasteiger partial charge in [0, 0.05) is 32.7 Å². The van der Waals surface area contributed by atoms with Crippen LogP contribution in [0.2, 0.25) is 0 Å². The standard InChI is InChI=1S/C17H28N4O.HI/c1-3-18-17(19-4-2)20-13-15-6-5-7-16(12-15)14-21-8-10-22-11-9-21;/h5-7,12H,3-4,8-11,13-14H2,1-2H3,(H2,18,19,20);1H. The Balaban J connectivity index is 0.00000264. The summed E-state index contributed by atoms with van der Waals surface area (Å²) in [4.78, 5) is 7.06. The Morgan fingerprint density at radius 3 is 2.43 bits per heavy atom. The predicted molar refractivity (Wildman–Crippen MR) is 106 cm³/mol. The molecule has 0 unspecified atom stereocenters. The van der Waals surface area contributed by atoms with E-state index in [0.29, 0.717) is 6.54 Å². The second-order valence-corrected chi connectivity index (χ2v) is 5.43. The Morgan fingerprint density at radius 2 is 1.78 bits per heavy atom. The molecule has 0 spiro atoms. The minimum absolute atomic E-state index is 0. The van der Waals surface area contributed by atoms with E-state index in [0.717, 1.165) is 51.9 Å². The van der Waals surface area contributed by atoms with Crippen LogP contribution in [-0.2, 0) is 17.8 Å². The Morgan fingerprint density at radius 1 is 1.13 bits per heavy atom. The molecule has 1 aromatic rings. The molecule has 1 saturated heterocycles. The summed E-state index contributed by atoms with van der Waals surface area (Å²) in [5.74, 6) is 0.878. The molecule has 2 N–H and O–H groups in total. The molecule has 0 aliphatic carbocycles. The van der Waals surface area contributed by atoms with Crippen molar-refractivity contribution in [1.29, 1.82) is 0 Å². The Hall–Kier alpha value is -0.860. The zero-order valence-corrected chi connectivity index (χ0v) is 16.5. The maximum Gasteiger partial charge on any atom is 0.191 e. The zero-order chi connectivity index (χ0) is 15.6. The molecule has 0 radical (unpaired) electrons. The SMILES string of the molecule is CCNC(=NCc1cccc(CN2CCOCC2)c1)NCC.I. The van der Waals surface area contributed by atoms with Gasteiger partial charge in [-0.2, -0.15) is 0 Å². The van der Waals surface area contributed by atoms with E-state index in [-0.39, 0.29) is 24.0 Å². The lowest BCUT2D eigenvalue weighted by atomic mass is 10.1. The third kappa shape index (κ3) is 7.50. The summed E-state index contributed by atoms with van der Waals surface area (Å²) >= 11 is 0. The average Bonchev–Trinajstić information content (AvgIpc) is 2.54. The predicted octanol–water partition coefficient (Wildman–Crippen LogP) is 2.21. The van der Waals surface area contributed by atoms with Crippen molar-refractivity contribution in [3.8, 4) is 0 Å². The van der Waals surface area contributed by atoms with Crippen LogP contribution in [0.1, 0.15) is 25.0 Å².